The van der Waals surface area contributed by atoms with Gasteiger partial charge in [-0.2, -0.15) is 5.10 Å². The topological polar surface area (TPSA) is 84.2 Å². The standard InChI is InChI=1S/C16H19N3O3/c1-10-7-11(2)9-13(8-10)14(16(21)22)18-15(20)12(3)19-6-4-5-17-19/h4-9,12,14H,1-3H3,(H,18,20)(H,21,22). The van der Waals surface area contributed by atoms with Crippen LogP contribution >= 0.6 is 0 Å². The Hall–Kier alpha value is -2.63. The lowest BCUT2D eigenvalue weighted by Crippen LogP contribution is -2.38. The maximum absolute atomic E-state index is 12.3. The summed E-state index contributed by atoms with van der Waals surface area (Å²) in [6, 6.07) is 5.54. The molecule has 0 saturated heterocycles. The number of carbonyl (C=O) groups is 2. The van der Waals surface area contributed by atoms with Crippen LogP contribution in [-0.4, -0.2) is 26.8 Å². The van der Waals surface area contributed by atoms with E-state index >= 15 is 0 Å². The van der Waals surface area contributed by atoms with E-state index in [1.165, 1.54) is 4.68 Å². The number of carboxylic acid groups (broad SMARTS) is 1. The lowest BCUT2D eigenvalue weighted by atomic mass is 10.0. The van der Waals surface area contributed by atoms with Gasteiger partial charge in [0.05, 0.1) is 0 Å². The SMILES string of the molecule is Cc1cc(C)cc(C(NC(=O)C(C)n2cccn2)C(=O)O)c1. The van der Waals surface area contributed by atoms with E-state index in [4.69, 9.17) is 0 Å². The van der Waals surface area contributed by atoms with Crippen LogP contribution in [0.2, 0.25) is 0 Å². The highest BCUT2D eigenvalue weighted by molar-refractivity contribution is 5.86. The third kappa shape index (κ3) is 3.52. The number of hydrogen-bond donors (Lipinski definition) is 2. The molecule has 0 bridgehead atoms. The highest BCUT2D eigenvalue weighted by atomic mass is 16.4. The van der Waals surface area contributed by atoms with Crippen molar-refractivity contribution in [1.82, 2.24) is 15.1 Å². The molecule has 2 atom stereocenters. The van der Waals surface area contributed by atoms with Gasteiger partial charge in [-0.25, -0.2) is 4.79 Å². The maximum atomic E-state index is 12.3. The lowest BCUT2D eigenvalue weighted by molar-refractivity contribution is -0.142. The van der Waals surface area contributed by atoms with Gasteiger partial charge in [-0.3, -0.25) is 9.48 Å². The second-order valence-corrected chi connectivity index (χ2v) is 5.36. The number of aryl methyl sites for hydroxylation is 2. The van der Waals surface area contributed by atoms with Crippen molar-refractivity contribution >= 4 is 11.9 Å². The molecule has 2 rings (SSSR count). The molecule has 0 aliphatic carbocycles. The molecule has 0 aliphatic rings. The number of hydrogen-bond acceptors (Lipinski definition) is 3. The number of rotatable bonds is 5. The van der Waals surface area contributed by atoms with Crippen molar-refractivity contribution in [2.45, 2.75) is 32.9 Å². The second kappa shape index (κ2) is 6.43. The molecule has 0 aliphatic heterocycles. The van der Waals surface area contributed by atoms with Crippen LogP contribution in [0.5, 0.6) is 0 Å². The predicted octanol–water partition coefficient (Wildman–Crippen LogP) is 2.00. The van der Waals surface area contributed by atoms with Gasteiger partial charge < -0.3 is 10.4 Å². The number of aromatic nitrogens is 2. The molecular formula is C16H19N3O3. The van der Waals surface area contributed by atoms with E-state index in [0.717, 1.165) is 11.1 Å². The van der Waals surface area contributed by atoms with Crippen molar-refractivity contribution in [3.8, 4) is 0 Å². The largest absolute Gasteiger partial charge is 0.479 e. The summed E-state index contributed by atoms with van der Waals surface area (Å²) in [6.07, 6.45) is 3.24. The molecule has 2 unspecified atom stereocenters. The van der Waals surface area contributed by atoms with Crippen LogP contribution in [0, 0.1) is 13.8 Å². The Balaban J connectivity index is 2.22. The van der Waals surface area contributed by atoms with Gasteiger partial charge in [0.15, 0.2) is 6.04 Å². The summed E-state index contributed by atoms with van der Waals surface area (Å²) in [5.41, 5.74) is 2.47. The van der Waals surface area contributed by atoms with Crippen LogP contribution in [0.3, 0.4) is 0 Å². The summed E-state index contributed by atoms with van der Waals surface area (Å²) in [4.78, 5) is 23.8. The molecule has 0 saturated carbocycles. The zero-order valence-corrected chi connectivity index (χ0v) is 12.8. The molecule has 2 aromatic rings. The van der Waals surface area contributed by atoms with Crippen molar-refractivity contribution in [3.05, 3.63) is 53.3 Å². The fourth-order valence-electron chi connectivity index (χ4n) is 2.36. The average Bonchev–Trinajstić information content (AvgIpc) is 2.96. The molecule has 1 aromatic carbocycles. The summed E-state index contributed by atoms with van der Waals surface area (Å²) in [5.74, 6) is -1.48. The normalized spacial score (nSPS) is 13.4. The number of carboxylic acids is 1. The van der Waals surface area contributed by atoms with Crippen molar-refractivity contribution < 1.29 is 14.7 Å². The van der Waals surface area contributed by atoms with Crippen molar-refractivity contribution in [2.75, 3.05) is 0 Å². The molecule has 0 spiro atoms. The van der Waals surface area contributed by atoms with Gasteiger partial charge in [-0.05, 0) is 32.4 Å². The lowest BCUT2D eigenvalue weighted by Gasteiger charge is -2.19. The van der Waals surface area contributed by atoms with E-state index in [2.05, 4.69) is 10.4 Å². The highest BCUT2D eigenvalue weighted by Gasteiger charge is 2.25. The number of amides is 1. The number of carbonyl (C=O) groups excluding carboxylic acids is 1. The Bertz CT molecular complexity index is 660. The zero-order chi connectivity index (χ0) is 16.3. The first-order valence-corrected chi connectivity index (χ1v) is 6.99. The van der Waals surface area contributed by atoms with Crippen molar-refractivity contribution in [1.29, 1.82) is 0 Å². The third-order valence-electron chi connectivity index (χ3n) is 3.41. The molecule has 1 heterocycles. The van der Waals surface area contributed by atoms with Crippen LogP contribution in [0.1, 0.15) is 35.7 Å². The summed E-state index contributed by atoms with van der Waals surface area (Å²) in [7, 11) is 0. The molecule has 0 fully saturated rings. The van der Waals surface area contributed by atoms with Gasteiger partial charge in [0.2, 0.25) is 5.91 Å². The molecule has 0 radical (unpaired) electrons. The highest BCUT2D eigenvalue weighted by Crippen LogP contribution is 2.18. The van der Waals surface area contributed by atoms with Crippen LogP contribution in [-0.2, 0) is 9.59 Å². The Kier molecular flexibility index (Phi) is 4.60. The van der Waals surface area contributed by atoms with Gasteiger partial charge in [-0.1, -0.05) is 29.3 Å². The quantitative estimate of drug-likeness (QED) is 0.884. The molecule has 22 heavy (non-hydrogen) atoms. The molecule has 6 heteroatoms. The summed E-state index contributed by atoms with van der Waals surface area (Å²) < 4.78 is 1.48. The molecule has 116 valence electrons. The van der Waals surface area contributed by atoms with E-state index < -0.39 is 24.0 Å². The van der Waals surface area contributed by atoms with E-state index in [0.29, 0.717) is 5.56 Å². The van der Waals surface area contributed by atoms with E-state index in [1.54, 1.807) is 37.5 Å². The molecular weight excluding hydrogens is 282 g/mol. The first kappa shape index (κ1) is 15.8. The Labute approximate surface area is 128 Å². The van der Waals surface area contributed by atoms with E-state index in [1.807, 2.05) is 19.9 Å². The van der Waals surface area contributed by atoms with Gasteiger partial charge in [0.25, 0.3) is 0 Å². The minimum atomic E-state index is -1.09. The first-order valence-electron chi connectivity index (χ1n) is 6.99. The number of benzene rings is 1. The second-order valence-electron chi connectivity index (χ2n) is 5.36. The maximum Gasteiger partial charge on any atom is 0.330 e. The van der Waals surface area contributed by atoms with E-state index in [9.17, 15) is 14.7 Å². The average molecular weight is 301 g/mol. The molecule has 1 amide bonds. The monoisotopic (exact) mass is 301 g/mol. The summed E-state index contributed by atoms with van der Waals surface area (Å²) in [6.45, 7) is 5.45. The number of nitrogens with zero attached hydrogens (tertiary/aromatic N) is 2. The Morgan fingerprint density at radius 2 is 1.86 bits per heavy atom. The van der Waals surface area contributed by atoms with Crippen molar-refractivity contribution in [3.63, 3.8) is 0 Å². The van der Waals surface area contributed by atoms with Crippen LogP contribution in [0.15, 0.2) is 36.7 Å². The minimum absolute atomic E-state index is 0.393. The Morgan fingerprint density at radius 1 is 1.23 bits per heavy atom. The summed E-state index contributed by atoms with van der Waals surface area (Å²) >= 11 is 0. The smallest absolute Gasteiger partial charge is 0.330 e. The van der Waals surface area contributed by atoms with Crippen LogP contribution < -0.4 is 5.32 Å². The molecule has 6 nitrogen and oxygen atoms in total. The first-order chi connectivity index (χ1) is 10.4. The fourth-order valence-corrected chi connectivity index (χ4v) is 2.36. The van der Waals surface area contributed by atoms with Gasteiger partial charge in [0.1, 0.15) is 6.04 Å². The third-order valence-corrected chi connectivity index (χ3v) is 3.41. The number of nitrogens with one attached hydrogen (secondary N) is 1. The van der Waals surface area contributed by atoms with Crippen molar-refractivity contribution in [2.24, 2.45) is 0 Å². The van der Waals surface area contributed by atoms with Gasteiger partial charge in [0, 0.05) is 12.4 Å². The fraction of sp³-hybridized carbons (Fsp3) is 0.312. The molecule has 2 N–H and O–H groups in total. The van der Waals surface area contributed by atoms with E-state index in [-0.39, 0.29) is 0 Å². The summed E-state index contributed by atoms with van der Waals surface area (Å²) in [5, 5.41) is 16.0. The minimum Gasteiger partial charge on any atom is -0.479 e. The van der Waals surface area contributed by atoms with Crippen LogP contribution in [0.25, 0.3) is 0 Å². The zero-order valence-electron chi connectivity index (χ0n) is 12.8. The number of aliphatic carboxylic acids is 1. The van der Waals surface area contributed by atoms with Crippen LogP contribution in [0.4, 0.5) is 0 Å². The predicted molar refractivity (Wildman–Crippen MR) is 81.4 cm³/mol. The van der Waals surface area contributed by atoms with Gasteiger partial charge >= 0.3 is 5.97 Å². The Morgan fingerprint density at radius 3 is 2.36 bits per heavy atom. The molecule has 1 aromatic heterocycles. The van der Waals surface area contributed by atoms with Gasteiger partial charge in [-0.15, -0.1) is 0 Å².